The number of para-hydroxylation sites is 1. The van der Waals surface area contributed by atoms with Crippen molar-refractivity contribution in [1.82, 2.24) is 24.1 Å². The van der Waals surface area contributed by atoms with E-state index in [4.69, 9.17) is 0 Å². The van der Waals surface area contributed by atoms with Gasteiger partial charge in [-0.25, -0.2) is 18.4 Å². The molecule has 3 heterocycles. The molecule has 1 N–H and O–H groups in total. The van der Waals surface area contributed by atoms with Gasteiger partial charge in [0.15, 0.2) is 0 Å². The number of sulfonamides is 1. The molecule has 9 nitrogen and oxygen atoms in total. The summed E-state index contributed by atoms with van der Waals surface area (Å²) in [5, 5.41) is 6.78. The second-order valence-corrected chi connectivity index (χ2v) is 9.06. The van der Waals surface area contributed by atoms with Gasteiger partial charge in [0, 0.05) is 31.7 Å². The summed E-state index contributed by atoms with van der Waals surface area (Å²) in [6.07, 6.45) is 5.61. The van der Waals surface area contributed by atoms with Crippen LogP contribution in [0.1, 0.15) is 40.8 Å². The number of carbonyl (C=O) groups is 1. The lowest BCUT2D eigenvalue weighted by molar-refractivity contribution is 0.102. The van der Waals surface area contributed by atoms with Gasteiger partial charge in [-0.3, -0.25) is 9.48 Å². The molecule has 1 saturated heterocycles. The topological polar surface area (TPSA) is 110 Å². The molecular weight excluding hydrogens is 404 g/mol. The van der Waals surface area contributed by atoms with Gasteiger partial charge in [0.1, 0.15) is 10.7 Å². The Morgan fingerprint density at radius 2 is 1.97 bits per heavy atom. The van der Waals surface area contributed by atoms with Gasteiger partial charge in [0.2, 0.25) is 10.0 Å². The lowest BCUT2D eigenvalue weighted by Crippen LogP contribution is -2.31. The van der Waals surface area contributed by atoms with Crippen molar-refractivity contribution in [1.29, 1.82) is 0 Å². The third kappa shape index (κ3) is 3.83. The highest BCUT2D eigenvalue weighted by molar-refractivity contribution is 7.89. The van der Waals surface area contributed by atoms with Crippen LogP contribution in [0, 0.1) is 6.92 Å². The third-order valence-corrected chi connectivity index (χ3v) is 6.92. The molecule has 1 aliphatic heterocycles. The molecule has 1 aliphatic rings. The van der Waals surface area contributed by atoms with Gasteiger partial charge in [-0.2, -0.15) is 9.40 Å². The van der Waals surface area contributed by atoms with Gasteiger partial charge in [-0.1, -0.05) is 18.2 Å². The summed E-state index contributed by atoms with van der Waals surface area (Å²) in [5.74, 6) is 0.0882. The number of nitrogens with zero attached hydrogens (tertiary/aromatic N) is 5. The second kappa shape index (κ2) is 7.96. The number of hydrogen-bond donors (Lipinski definition) is 1. The van der Waals surface area contributed by atoms with Gasteiger partial charge >= 0.3 is 0 Å². The monoisotopic (exact) mass is 426 g/mol. The molecule has 0 spiro atoms. The van der Waals surface area contributed by atoms with E-state index in [0.29, 0.717) is 42.2 Å². The molecule has 10 heteroatoms. The predicted octanol–water partition coefficient (Wildman–Crippen LogP) is 2.30. The van der Waals surface area contributed by atoms with Crippen molar-refractivity contribution in [3.8, 4) is 0 Å². The second-order valence-electron chi connectivity index (χ2n) is 7.17. The van der Waals surface area contributed by atoms with Crippen LogP contribution in [0.15, 0.2) is 53.8 Å². The number of benzene rings is 1. The zero-order chi connectivity index (χ0) is 21.3. The minimum absolute atomic E-state index is 0.146. The van der Waals surface area contributed by atoms with Crippen LogP contribution in [-0.2, 0) is 17.1 Å². The Morgan fingerprint density at radius 1 is 1.20 bits per heavy atom. The van der Waals surface area contributed by atoms with E-state index in [1.54, 1.807) is 26.1 Å². The molecular formula is C20H22N6O3S. The molecule has 4 rings (SSSR count). The number of carbonyl (C=O) groups excluding carboxylic acids is 1. The maximum absolute atomic E-state index is 13.0. The maximum Gasteiger partial charge on any atom is 0.259 e. The smallest absolute Gasteiger partial charge is 0.259 e. The molecule has 1 atom stereocenters. The minimum atomic E-state index is -3.70. The molecule has 1 fully saturated rings. The maximum atomic E-state index is 13.0. The van der Waals surface area contributed by atoms with Crippen molar-refractivity contribution in [2.45, 2.75) is 30.7 Å². The van der Waals surface area contributed by atoms with Crippen LogP contribution >= 0.6 is 0 Å². The van der Waals surface area contributed by atoms with Gasteiger partial charge in [0.05, 0.1) is 23.5 Å². The summed E-state index contributed by atoms with van der Waals surface area (Å²) in [6, 6.07) is 8.65. The zero-order valence-corrected chi connectivity index (χ0v) is 17.5. The number of anilines is 1. The van der Waals surface area contributed by atoms with E-state index in [1.165, 1.54) is 27.6 Å². The van der Waals surface area contributed by atoms with E-state index < -0.39 is 16.1 Å². The number of aryl methyl sites for hydroxylation is 2. The van der Waals surface area contributed by atoms with E-state index in [1.807, 2.05) is 18.2 Å². The Balaban J connectivity index is 1.58. The average molecular weight is 427 g/mol. The molecule has 0 unspecified atom stereocenters. The molecule has 0 aliphatic carbocycles. The molecule has 3 aromatic rings. The number of amides is 1. The molecule has 2 aromatic heterocycles. The third-order valence-electron chi connectivity index (χ3n) is 5.06. The fourth-order valence-corrected chi connectivity index (χ4v) is 5.18. The number of rotatable bonds is 5. The van der Waals surface area contributed by atoms with Crippen molar-refractivity contribution in [3.63, 3.8) is 0 Å². The normalized spacial score (nSPS) is 17.2. The standard InChI is InChI=1S/C20H22N6O3S/c1-14-17(20(27)24-15-7-4-3-5-8-15)12-21-19(23-14)18-9-6-10-26(18)30(28,29)16-11-22-25(2)13-16/h3-5,7-8,11-13,18H,6,9-10H2,1-2H3,(H,24,27)/t18-/m1/s1. The summed E-state index contributed by atoms with van der Waals surface area (Å²) in [5.41, 5.74) is 1.52. The fraction of sp³-hybridized carbons (Fsp3) is 0.300. The average Bonchev–Trinajstić information content (AvgIpc) is 3.38. The van der Waals surface area contributed by atoms with Gasteiger partial charge in [-0.15, -0.1) is 0 Å². The molecule has 1 amide bonds. The van der Waals surface area contributed by atoms with Crippen molar-refractivity contribution in [3.05, 3.63) is 66.0 Å². The van der Waals surface area contributed by atoms with Crippen LogP contribution in [0.5, 0.6) is 0 Å². The van der Waals surface area contributed by atoms with E-state index >= 15 is 0 Å². The molecule has 1 aromatic carbocycles. The van der Waals surface area contributed by atoms with Crippen LogP contribution in [0.25, 0.3) is 0 Å². The van der Waals surface area contributed by atoms with E-state index in [-0.39, 0.29) is 10.8 Å². The van der Waals surface area contributed by atoms with E-state index in [2.05, 4.69) is 20.4 Å². The molecule has 0 radical (unpaired) electrons. The van der Waals surface area contributed by atoms with Crippen LogP contribution in [0.4, 0.5) is 5.69 Å². The Labute approximate surface area is 174 Å². The first-order valence-electron chi connectivity index (χ1n) is 9.56. The van der Waals surface area contributed by atoms with Crippen LogP contribution in [-0.4, -0.2) is 44.9 Å². The first-order valence-corrected chi connectivity index (χ1v) is 11.0. The Morgan fingerprint density at radius 3 is 2.63 bits per heavy atom. The van der Waals surface area contributed by atoms with Crippen LogP contribution < -0.4 is 5.32 Å². The van der Waals surface area contributed by atoms with Crippen molar-refractivity contribution >= 4 is 21.6 Å². The highest BCUT2D eigenvalue weighted by Gasteiger charge is 2.38. The largest absolute Gasteiger partial charge is 0.322 e. The van der Waals surface area contributed by atoms with Crippen molar-refractivity contribution < 1.29 is 13.2 Å². The number of hydrogen-bond acceptors (Lipinski definition) is 6. The van der Waals surface area contributed by atoms with Crippen molar-refractivity contribution in [2.24, 2.45) is 7.05 Å². The molecule has 0 bridgehead atoms. The summed E-state index contributed by atoms with van der Waals surface area (Å²) >= 11 is 0. The summed E-state index contributed by atoms with van der Waals surface area (Å²) < 4.78 is 29.0. The predicted molar refractivity (Wildman–Crippen MR) is 110 cm³/mol. The van der Waals surface area contributed by atoms with Gasteiger partial charge in [0.25, 0.3) is 5.91 Å². The van der Waals surface area contributed by atoms with Crippen LogP contribution in [0.2, 0.25) is 0 Å². The first-order chi connectivity index (χ1) is 14.4. The number of nitrogens with one attached hydrogen (secondary N) is 1. The highest BCUT2D eigenvalue weighted by atomic mass is 32.2. The number of aromatic nitrogens is 4. The minimum Gasteiger partial charge on any atom is -0.322 e. The highest BCUT2D eigenvalue weighted by Crippen LogP contribution is 2.35. The summed E-state index contributed by atoms with van der Waals surface area (Å²) in [4.78, 5) is 21.5. The van der Waals surface area contributed by atoms with Crippen LogP contribution in [0.3, 0.4) is 0 Å². The zero-order valence-electron chi connectivity index (χ0n) is 16.7. The summed E-state index contributed by atoms with van der Waals surface area (Å²) in [6.45, 7) is 2.11. The van der Waals surface area contributed by atoms with Gasteiger partial charge in [-0.05, 0) is 31.9 Å². The SMILES string of the molecule is Cc1nc([C@H]2CCCN2S(=O)(=O)c2cnn(C)c2)ncc1C(=O)Nc1ccccc1. The molecule has 0 saturated carbocycles. The molecule has 156 valence electrons. The Kier molecular flexibility index (Phi) is 5.35. The van der Waals surface area contributed by atoms with Gasteiger partial charge < -0.3 is 5.32 Å². The Bertz CT molecular complexity index is 1180. The van der Waals surface area contributed by atoms with E-state index in [0.717, 1.165) is 0 Å². The fourth-order valence-electron chi connectivity index (χ4n) is 3.54. The Hall–Kier alpha value is -3.11. The quantitative estimate of drug-likeness (QED) is 0.670. The first kappa shape index (κ1) is 20.2. The lowest BCUT2D eigenvalue weighted by atomic mass is 10.2. The summed E-state index contributed by atoms with van der Waals surface area (Å²) in [7, 11) is -2.03. The lowest BCUT2D eigenvalue weighted by Gasteiger charge is -2.22. The van der Waals surface area contributed by atoms with Crippen molar-refractivity contribution in [2.75, 3.05) is 11.9 Å². The van der Waals surface area contributed by atoms with E-state index in [9.17, 15) is 13.2 Å². The molecule has 30 heavy (non-hydrogen) atoms.